The van der Waals surface area contributed by atoms with Crippen molar-refractivity contribution < 1.29 is 14.3 Å². The van der Waals surface area contributed by atoms with Gasteiger partial charge in [-0.3, -0.25) is 9.59 Å². The Kier molecular flexibility index (Phi) is 5.45. The fourth-order valence-electron chi connectivity index (χ4n) is 3.95. The van der Waals surface area contributed by atoms with Crippen LogP contribution in [0.4, 0.5) is 0 Å². The van der Waals surface area contributed by atoms with E-state index in [-0.39, 0.29) is 29.5 Å². The van der Waals surface area contributed by atoms with Crippen molar-refractivity contribution in [3.8, 4) is 11.4 Å². The van der Waals surface area contributed by atoms with E-state index in [0.717, 1.165) is 16.7 Å². The number of nitrogens with one attached hydrogen (secondary N) is 1. The molecule has 170 valence electrons. The zero-order chi connectivity index (χ0) is 23.3. The molecule has 0 fully saturated rings. The number of ether oxygens (including phenoxy) is 2. The first-order valence-corrected chi connectivity index (χ1v) is 10.9. The van der Waals surface area contributed by atoms with Crippen molar-refractivity contribution >= 4 is 11.7 Å². The van der Waals surface area contributed by atoms with E-state index in [1.165, 1.54) is 10.6 Å². The number of aromatic amines is 1. The molecule has 1 aliphatic rings. The fourth-order valence-corrected chi connectivity index (χ4v) is 3.95. The minimum Gasteiger partial charge on any atom is -0.460 e. The third-order valence-corrected chi connectivity index (χ3v) is 5.68. The van der Waals surface area contributed by atoms with Gasteiger partial charge in [0.2, 0.25) is 5.78 Å². The average molecular weight is 439 g/mol. The number of nitrogens with zero attached hydrogens (tertiary/aromatic N) is 3. The molecule has 8 nitrogen and oxygen atoms in total. The van der Waals surface area contributed by atoms with Crippen molar-refractivity contribution in [2.45, 2.75) is 78.1 Å². The molecule has 3 aromatic rings. The monoisotopic (exact) mass is 438 g/mol. The van der Waals surface area contributed by atoms with Gasteiger partial charge in [-0.25, -0.2) is 0 Å². The molecule has 0 spiro atoms. The first-order chi connectivity index (χ1) is 14.9. The van der Waals surface area contributed by atoms with Crippen LogP contribution in [-0.2, 0) is 26.5 Å². The molecule has 0 bridgehead atoms. The Bertz CT molecular complexity index is 1230. The van der Waals surface area contributed by atoms with Gasteiger partial charge in [0.25, 0.3) is 5.56 Å². The van der Waals surface area contributed by atoms with E-state index in [4.69, 9.17) is 9.47 Å². The first-order valence-electron chi connectivity index (χ1n) is 10.9. The van der Waals surface area contributed by atoms with Gasteiger partial charge in [-0.1, -0.05) is 19.1 Å². The molecule has 0 aliphatic carbocycles. The van der Waals surface area contributed by atoms with Gasteiger partial charge in [0.05, 0.1) is 12.2 Å². The fraction of sp³-hybridized carbons (Fsp3) is 0.500. The lowest BCUT2D eigenvalue weighted by Gasteiger charge is -2.20. The van der Waals surface area contributed by atoms with Crippen molar-refractivity contribution in [1.82, 2.24) is 19.6 Å². The summed E-state index contributed by atoms with van der Waals surface area (Å²) < 4.78 is 12.5. The molecule has 3 heterocycles. The Labute approximate surface area is 187 Å². The highest BCUT2D eigenvalue weighted by atomic mass is 16.6. The number of esters is 1. The van der Waals surface area contributed by atoms with Crippen LogP contribution in [0.2, 0.25) is 0 Å². The predicted octanol–water partition coefficient (Wildman–Crippen LogP) is 4.08. The molecule has 32 heavy (non-hydrogen) atoms. The van der Waals surface area contributed by atoms with Gasteiger partial charge in [-0.15, -0.1) is 5.10 Å². The van der Waals surface area contributed by atoms with E-state index in [2.05, 4.69) is 15.1 Å². The van der Waals surface area contributed by atoms with E-state index < -0.39 is 5.60 Å². The van der Waals surface area contributed by atoms with Gasteiger partial charge in [0, 0.05) is 23.7 Å². The van der Waals surface area contributed by atoms with Crippen molar-refractivity contribution in [3.63, 3.8) is 0 Å². The summed E-state index contributed by atoms with van der Waals surface area (Å²) in [5, 5.41) is 4.41. The predicted molar refractivity (Wildman–Crippen MR) is 120 cm³/mol. The second kappa shape index (κ2) is 7.85. The van der Waals surface area contributed by atoms with Crippen molar-refractivity contribution in [1.29, 1.82) is 0 Å². The Hall–Kier alpha value is -3.00. The van der Waals surface area contributed by atoms with Gasteiger partial charge in [0.1, 0.15) is 5.60 Å². The maximum absolute atomic E-state index is 12.7. The molecule has 8 heteroatoms. The minimum atomic E-state index is -0.509. The number of benzene rings is 1. The van der Waals surface area contributed by atoms with Crippen molar-refractivity contribution in [2.24, 2.45) is 0 Å². The molecule has 2 aromatic heterocycles. The second-order valence-corrected chi connectivity index (χ2v) is 9.93. The van der Waals surface area contributed by atoms with E-state index in [9.17, 15) is 9.59 Å². The SMILES string of the molecule is C[C@H](CCC(=O)OC(C)(C)C)c1cc(=O)n2nc(-c3ccc4c(c3)COC4(C)C)nc2[nH]1. The summed E-state index contributed by atoms with van der Waals surface area (Å²) in [5.41, 5.74) is 2.74. The molecular formula is C24H30N4O4. The number of carbonyl (C=O) groups excluding carboxylic acids is 1. The molecule has 1 atom stereocenters. The van der Waals surface area contributed by atoms with E-state index in [1.807, 2.05) is 59.7 Å². The van der Waals surface area contributed by atoms with Crippen LogP contribution < -0.4 is 5.56 Å². The Morgan fingerprint density at radius 2 is 2.06 bits per heavy atom. The lowest BCUT2D eigenvalue weighted by molar-refractivity contribution is -0.155. The number of H-pyrrole nitrogens is 1. The highest BCUT2D eigenvalue weighted by Crippen LogP contribution is 2.37. The van der Waals surface area contributed by atoms with Crippen molar-refractivity contribution in [2.75, 3.05) is 0 Å². The van der Waals surface area contributed by atoms with Crippen LogP contribution in [-0.4, -0.2) is 31.2 Å². The summed E-state index contributed by atoms with van der Waals surface area (Å²) in [4.78, 5) is 32.5. The topological polar surface area (TPSA) is 98.6 Å². The standard InChI is InChI=1S/C24H30N4O4/c1-14(7-10-20(30)32-23(2,3)4)18-12-19(29)28-22(25-18)26-21(27-28)15-8-9-17-16(11-15)13-31-24(17,5)6/h8-9,11-12,14H,7,10,13H2,1-6H3,(H,25,26,27)/t14-/m1/s1. The van der Waals surface area contributed by atoms with Crippen LogP contribution in [0.15, 0.2) is 29.1 Å². The average Bonchev–Trinajstić information content (AvgIpc) is 3.26. The van der Waals surface area contributed by atoms with Crippen LogP contribution in [0, 0.1) is 0 Å². The summed E-state index contributed by atoms with van der Waals surface area (Å²) >= 11 is 0. The molecule has 1 N–H and O–H groups in total. The van der Waals surface area contributed by atoms with Crippen LogP contribution in [0.1, 0.15) is 77.1 Å². The Morgan fingerprint density at radius 3 is 2.78 bits per heavy atom. The number of hydrogen-bond acceptors (Lipinski definition) is 6. The maximum Gasteiger partial charge on any atom is 0.306 e. The van der Waals surface area contributed by atoms with Gasteiger partial charge in [-0.05, 0) is 64.2 Å². The van der Waals surface area contributed by atoms with Gasteiger partial charge >= 0.3 is 5.97 Å². The molecule has 0 saturated carbocycles. The molecule has 4 rings (SSSR count). The first kappa shape index (κ1) is 22.2. The Morgan fingerprint density at radius 1 is 1.31 bits per heavy atom. The summed E-state index contributed by atoms with van der Waals surface area (Å²) in [6.07, 6.45) is 0.833. The molecule has 0 unspecified atom stereocenters. The normalized spacial score (nSPS) is 16.2. The maximum atomic E-state index is 12.7. The molecule has 0 amide bonds. The molecule has 0 saturated heterocycles. The van der Waals surface area contributed by atoms with Gasteiger partial charge < -0.3 is 14.5 Å². The lowest BCUT2D eigenvalue weighted by Crippen LogP contribution is -2.24. The highest BCUT2D eigenvalue weighted by molar-refractivity contribution is 5.69. The van der Waals surface area contributed by atoms with E-state index in [0.29, 0.717) is 30.3 Å². The molecule has 1 aromatic carbocycles. The quantitative estimate of drug-likeness (QED) is 0.603. The number of fused-ring (bicyclic) bond motifs is 2. The second-order valence-electron chi connectivity index (χ2n) is 9.93. The zero-order valence-corrected chi connectivity index (χ0v) is 19.5. The molecule has 0 radical (unpaired) electrons. The van der Waals surface area contributed by atoms with Crippen LogP contribution in [0.5, 0.6) is 0 Å². The highest BCUT2D eigenvalue weighted by Gasteiger charge is 2.31. The van der Waals surface area contributed by atoms with Crippen LogP contribution in [0.25, 0.3) is 17.2 Å². The lowest BCUT2D eigenvalue weighted by atomic mass is 9.94. The Balaban J connectivity index is 1.56. The third kappa shape index (κ3) is 4.46. The molecule has 1 aliphatic heterocycles. The van der Waals surface area contributed by atoms with E-state index >= 15 is 0 Å². The van der Waals surface area contributed by atoms with Crippen LogP contribution in [0.3, 0.4) is 0 Å². The van der Waals surface area contributed by atoms with E-state index in [1.54, 1.807) is 0 Å². The molecular weight excluding hydrogens is 408 g/mol. The number of hydrogen-bond donors (Lipinski definition) is 1. The minimum absolute atomic E-state index is 0.0419. The van der Waals surface area contributed by atoms with Gasteiger partial charge in [0.15, 0.2) is 5.82 Å². The summed E-state index contributed by atoms with van der Waals surface area (Å²) in [6, 6.07) is 7.53. The van der Waals surface area contributed by atoms with Crippen molar-refractivity contribution in [3.05, 3.63) is 51.4 Å². The number of carbonyl (C=O) groups is 1. The third-order valence-electron chi connectivity index (χ3n) is 5.68. The summed E-state index contributed by atoms with van der Waals surface area (Å²) in [5.74, 6) is 0.564. The summed E-state index contributed by atoms with van der Waals surface area (Å²) in [6.45, 7) is 12.1. The number of aromatic nitrogens is 4. The number of rotatable bonds is 5. The van der Waals surface area contributed by atoms with Gasteiger partial charge in [-0.2, -0.15) is 9.50 Å². The largest absolute Gasteiger partial charge is 0.460 e. The smallest absolute Gasteiger partial charge is 0.306 e. The summed E-state index contributed by atoms with van der Waals surface area (Å²) in [7, 11) is 0. The van der Waals surface area contributed by atoms with Crippen LogP contribution >= 0.6 is 0 Å². The zero-order valence-electron chi connectivity index (χ0n) is 19.5.